The van der Waals surface area contributed by atoms with Gasteiger partial charge in [-0.25, -0.2) is 0 Å². The van der Waals surface area contributed by atoms with E-state index in [9.17, 15) is 0 Å². The van der Waals surface area contributed by atoms with Crippen molar-refractivity contribution in [2.24, 2.45) is 17.8 Å². The van der Waals surface area contributed by atoms with Crippen molar-refractivity contribution < 1.29 is 0 Å². The fourth-order valence-corrected chi connectivity index (χ4v) is 4.05. The molecule has 1 saturated carbocycles. The molecule has 2 heteroatoms. The van der Waals surface area contributed by atoms with Crippen molar-refractivity contribution in [2.45, 2.75) is 65.8 Å². The van der Waals surface area contributed by atoms with E-state index >= 15 is 0 Å². The summed E-state index contributed by atoms with van der Waals surface area (Å²) < 4.78 is 0. The minimum absolute atomic E-state index is 0.777. The molecule has 2 fully saturated rings. The van der Waals surface area contributed by atoms with Gasteiger partial charge in [0.1, 0.15) is 0 Å². The third-order valence-electron chi connectivity index (χ3n) is 5.97. The Morgan fingerprint density at radius 2 is 1.50 bits per heavy atom. The smallest absolute Gasteiger partial charge is 0.0113 e. The lowest BCUT2D eigenvalue weighted by Crippen LogP contribution is -2.50. The lowest BCUT2D eigenvalue weighted by molar-refractivity contribution is 0.0793. The first-order chi connectivity index (χ1) is 9.60. The van der Waals surface area contributed by atoms with Gasteiger partial charge < -0.3 is 4.90 Å². The number of nitrogens with zero attached hydrogens (tertiary/aromatic N) is 2. The van der Waals surface area contributed by atoms with Crippen molar-refractivity contribution in [1.29, 1.82) is 0 Å². The first-order valence-corrected chi connectivity index (χ1v) is 9.06. The van der Waals surface area contributed by atoms with Crippen molar-refractivity contribution in [2.75, 3.05) is 32.7 Å². The molecule has 0 aromatic heterocycles. The maximum Gasteiger partial charge on any atom is 0.0113 e. The van der Waals surface area contributed by atoms with E-state index in [2.05, 4.69) is 37.5 Å². The Morgan fingerprint density at radius 3 is 2.00 bits per heavy atom. The highest BCUT2D eigenvalue weighted by atomic mass is 15.3. The molecule has 0 amide bonds. The molecule has 1 aliphatic carbocycles. The molecule has 1 atom stereocenters. The van der Waals surface area contributed by atoms with Crippen molar-refractivity contribution in [3.63, 3.8) is 0 Å². The number of piperazine rings is 1. The van der Waals surface area contributed by atoms with Crippen LogP contribution in [0.3, 0.4) is 0 Å². The van der Waals surface area contributed by atoms with Gasteiger partial charge >= 0.3 is 0 Å². The number of hydrogen-bond acceptors (Lipinski definition) is 2. The molecular formula is C18H36N2. The van der Waals surface area contributed by atoms with Crippen molar-refractivity contribution in [3.05, 3.63) is 0 Å². The van der Waals surface area contributed by atoms with E-state index in [1.807, 2.05) is 0 Å². The highest BCUT2D eigenvalue weighted by Gasteiger charge is 2.26. The number of hydrogen-bond donors (Lipinski definition) is 0. The van der Waals surface area contributed by atoms with Crippen LogP contribution in [0.4, 0.5) is 0 Å². The lowest BCUT2D eigenvalue weighted by atomic mass is 9.77. The van der Waals surface area contributed by atoms with E-state index in [4.69, 9.17) is 0 Å². The van der Waals surface area contributed by atoms with Gasteiger partial charge in [0.25, 0.3) is 0 Å². The van der Waals surface area contributed by atoms with Crippen LogP contribution in [-0.4, -0.2) is 48.6 Å². The summed E-state index contributed by atoms with van der Waals surface area (Å²) >= 11 is 0. The molecule has 20 heavy (non-hydrogen) atoms. The van der Waals surface area contributed by atoms with Gasteiger partial charge in [-0.15, -0.1) is 0 Å². The summed E-state index contributed by atoms with van der Waals surface area (Å²) in [5, 5.41) is 0. The molecule has 1 saturated heterocycles. The van der Waals surface area contributed by atoms with Gasteiger partial charge in [0, 0.05) is 38.8 Å². The van der Waals surface area contributed by atoms with Crippen molar-refractivity contribution >= 4 is 0 Å². The zero-order chi connectivity index (χ0) is 14.5. The molecular weight excluding hydrogens is 244 g/mol. The van der Waals surface area contributed by atoms with Gasteiger partial charge in [-0.3, -0.25) is 4.90 Å². The molecule has 1 heterocycles. The molecule has 2 nitrogen and oxygen atoms in total. The van der Waals surface area contributed by atoms with E-state index in [0.717, 1.165) is 23.8 Å². The first kappa shape index (κ1) is 16.3. The fraction of sp³-hybridized carbons (Fsp3) is 1.00. The zero-order valence-corrected chi connectivity index (χ0v) is 14.3. The average molecular weight is 281 g/mol. The third kappa shape index (κ3) is 4.46. The predicted octanol–water partition coefficient (Wildman–Crippen LogP) is 3.86. The van der Waals surface area contributed by atoms with Crippen LogP contribution in [0.15, 0.2) is 0 Å². The van der Waals surface area contributed by atoms with E-state index in [1.165, 1.54) is 64.8 Å². The summed E-state index contributed by atoms with van der Waals surface area (Å²) in [6.45, 7) is 16.0. The van der Waals surface area contributed by atoms with Gasteiger partial charge in [0.2, 0.25) is 0 Å². The maximum absolute atomic E-state index is 2.74. The summed E-state index contributed by atoms with van der Waals surface area (Å²) in [5.41, 5.74) is 0. The first-order valence-electron chi connectivity index (χ1n) is 9.06. The van der Waals surface area contributed by atoms with Crippen LogP contribution in [0.2, 0.25) is 0 Å². The molecule has 0 N–H and O–H groups in total. The third-order valence-corrected chi connectivity index (χ3v) is 5.97. The largest absolute Gasteiger partial charge is 0.301 e. The Hall–Kier alpha value is -0.0800. The quantitative estimate of drug-likeness (QED) is 0.754. The molecule has 1 unspecified atom stereocenters. The van der Waals surface area contributed by atoms with E-state index in [1.54, 1.807) is 0 Å². The van der Waals surface area contributed by atoms with Crippen LogP contribution in [0.1, 0.15) is 59.8 Å². The summed E-state index contributed by atoms with van der Waals surface area (Å²) in [6.07, 6.45) is 7.21. The van der Waals surface area contributed by atoms with Gasteiger partial charge in [-0.2, -0.15) is 0 Å². The molecule has 118 valence electrons. The monoisotopic (exact) mass is 280 g/mol. The highest BCUT2D eigenvalue weighted by molar-refractivity contribution is 4.80. The Kier molecular flexibility index (Phi) is 6.35. The number of rotatable bonds is 5. The van der Waals surface area contributed by atoms with E-state index in [-0.39, 0.29) is 0 Å². The average Bonchev–Trinajstić information content (AvgIpc) is 2.48. The summed E-state index contributed by atoms with van der Waals surface area (Å²) in [4.78, 5) is 5.41. The Balaban J connectivity index is 1.66. The Bertz CT molecular complexity index is 261. The normalized spacial score (nSPS) is 31.6. The van der Waals surface area contributed by atoms with Gasteiger partial charge in [-0.05, 0) is 56.8 Å². The van der Waals surface area contributed by atoms with Crippen LogP contribution >= 0.6 is 0 Å². The summed E-state index contributed by atoms with van der Waals surface area (Å²) in [7, 11) is 0. The van der Waals surface area contributed by atoms with Crippen molar-refractivity contribution in [3.8, 4) is 0 Å². The summed E-state index contributed by atoms with van der Waals surface area (Å²) in [5.74, 6) is 2.89. The second kappa shape index (κ2) is 7.79. The van der Waals surface area contributed by atoms with Crippen LogP contribution in [0.5, 0.6) is 0 Å². The van der Waals surface area contributed by atoms with Crippen molar-refractivity contribution in [1.82, 2.24) is 9.80 Å². The lowest BCUT2D eigenvalue weighted by Gasteiger charge is -2.40. The van der Waals surface area contributed by atoms with Crippen LogP contribution in [0, 0.1) is 17.8 Å². The highest BCUT2D eigenvalue weighted by Crippen LogP contribution is 2.33. The standard InChI is InChI=1S/C18H36N2/c1-5-16(4)20-12-10-19(11-13-20)14-17-6-8-18(9-7-17)15(2)3/h15-18H,5-14H2,1-4H3. The predicted molar refractivity (Wildman–Crippen MR) is 88.1 cm³/mol. The van der Waals surface area contributed by atoms with Gasteiger partial charge in [0.15, 0.2) is 0 Å². The molecule has 0 aromatic carbocycles. The maximum atomic E-state index is 2.74. The molecule has 0 aromatic rings. The van der Waals surface area contributed by atoms with Crippen LogP contribution < -0.4 is 0 Å². The van der Waals surface area contributed by atoms with E-state index in [0.29, 0.717) is 0 Å². The summed E-state index contributed by atoms with van der Waals surface area (Å²) in [6, 6.07) is 0.777. The Morgan fingerprint density at radius 1 is 0.900 bits per heavy atom. The zero-order valence-electron chi connectivity index (χ0n) is 14.3. The Labute approximate surface area is 126 Å². The molecule has 2 aliphatic rings. The minimum atomic E-state index is 0.777. The second-order valence-corrected chi connectivity index (χ2v) is 7.62. The molecule has 0 radical (unpaired) electrons. The van der Waals surface area contributed by atoms with Crippen LogP contribution in [0.25, 0.3) is 0 Å². The minimum Gasteiger partial charge on any atom is -0.301 e. The molecule has 1 aliphatic heterocycles. The van der Waals surface area contributed by atoms with E-state index < -0.39 is 0 Å². The SMILES string of the molecule is CCC(C)N1CCN(CC2CCC(C(C)C)CC2)CC1. The van der Waals surface area contributed by atoms with Gasteiger partial charge in [0.05, 0.1) is 0 Å². The molecule has 0 spiro atoms. The fourth-order valence-electron chi connectivity index (χ4n) is 4.05. The molecule has 0 bridgehead atoms. The topological polar surface area (TPSA) is 6.48 Å². The molecule has 2 rings (SSSR count). The van der Waals surface area contributed by atoms with Crippen LogP contribution in [-0.2, 0) is 0 Å². The second-order valence-electron chi connectivity index (χ2n) is 7.62. The van der Waals surface area contributed by atoms with Gasteiger partial charge in [-0.1, -0.05) is 20.8 Å².